The first-order chi connectivity index (χ1) is 12.5. The maximum Gasteiger partial charge on any atom is 0.345 e. The van der Waals surface area contributed by atoms with E-state index in [0.29, 0.717) is 6.04 Å². The molecule has 2 heterocycles. The molecule has 0 radical (unpaired) electrons. The van der Waals surface area contributed by atoms with E-state index in [1.807, 2.05) is 0 Å². The van der Waals surface area contributed by atoms with Crippen LogP contribution in [0.1, 0.15) is 42.5 Å². The molecule has 0 bridgehead atoms. The van der Waals surface area contributed by atoms with E-state index in [9.17, 15) is 25.0 Å². The molecule has 2 aliphatic heterocycles. The summed E-state index contributed by atoms with van der Waals surface area (Å²) in [7, 11) is 0. The Morgan fingerprint density at radius 1 is 1.12 bits per heavy atom. The lowest BCUT2D eigenvalue weighted by Gasteiger charge is -2.40. The normalized spacial score (nSPS) is 25.2. The lowest BCUT2D eigenvalue weighted by atomic mass is 9.84. The molecule has 0 saturated carbocycles. The first kappa shape index (κ1) is 18.2. The van der Waals surface area contributed by atoms with Crippen molar-refractivity contribution in [3.05, 3.63) is 44.0 Å². The van der Waals surface area contributed by atoms with Crippen LogP contribution in [0.4, 0.5) is 11.4 Å². The van der Waals surface area contributed by atoms with Gasteiger partial charge in [-0.05, 0) is 38.2 Å². The Labute approximate surface area is 150 Å². The summed E-state index contributed by atoms with van der Waals surface area (Å²) in [5.74, 6) is -0.533. The van der Waals surface area contributed by atoms with Crippen LogP contribution in [0.2, 0.25) is 0 Å². The molecule has 1 N–H and O–H groups in total. The molecule has 2 saturated heterocycles. The third-order valence-electron chi connectivity index (χ3n) is 5.47. The van der Waals surface area contributed by atoms with Crippen LogP contribution in [0.5, 0.6) is 0 Å². The number of non-ortho nitro benzene ring substituents is 1. The summed E-state index contributed by atoms with van der Waals surface area (Å²) in [6, 6.07) is 3.45. The molecule has 1 aromatic rings. The highest BCUT2D eigenvalue weighted by Gasteiger charge is 2.37. The number of nitrogens with one attached hydrogen (secondary N) is 1. The van der Waals surface area contributed by atoms with E-state index in [0.717, 1.165) is 50.6 Å². The minimum atomic E-state index is -0.797. The summed E-state index contributed by atoms with van der Waals surface area (Å²) in [5, 5.41) is 22.0. The molecule has 2 aliphatic rings. The average molecular weight is 364 g/mol. The third-order valence-corrected chi connectivity index (χ3v) is 5.47. The molecular formula is C17H22N3O6+. The average Bonchev–Trinajstić information content (AvgIpc) is 2.65. The van der Waals surface area contributed by atoms with Crippen molar-refractivity contribution < 1.29 is 24.3 Å². The monoisotopic (exact) mass is 364 g/mol. The molecule has 0 amide bonds. The highest BCUT2D eigenvalue weighted by atomic mass is 16.6. The van der Waals surface area contributed by atoms with Crippen LogP contribution in [0.3, 0.4) is 0 Å². The SMILES string of the molecule is O=C(OC[C@H]1CCC[NH+]2CCCC[C@H]12)c1ccc([N+](=O)[O-])cc1[N+](=O)[O-]. The van der Waals surface area contributed by atoms with Crippen LogP contribution in [0.15, 0.2) is 18.2 Å². The van der Waals surface area contributed by atoms with Crippen molar-refractivity contribution >= 4 is 17.3 Å². The van der Waals surface area contributed by atoms with Gasteiger partial charge in [0.15, 0.2) is 0 Å². The first-order valence-corrected chi connectivity index (χ1v) is 8.92. The van der Waals surface area contributed by atoms with E-state index in [1.54, 1.807) is 4.90 Å². The minimum absolute atomic E-state index is 0.237. The van der Waals surface area contributed by atoms with E-state index in [4.69, 9.17) is 4.74 Å². The molecule has 1 unspecified atom stereocenters. The van der Waals surface area contributed by atoms with Crippen molar-refractivity contribution in [3.8, 4) is 0 Å². The molecule has 0 aliphatic carbocycles. The number of nitrogens with zero attached hydrogens (tertiary/aromatic N) is 2. The van der Waals surface area contributed by atoms with Crippen LogP contribution in [0, 0.1) is 26.1 Å². The number of carbonyl (C=O) groups excluding carboxylic acids is 1. The number of ether oxygens (including phenoxy) is 1. The van der Waals surface area contributed by atoms with Crippen LogP contribution in [-0.2, 0) is 4.74 Å². The van der Waals surface area contributed by atoms with Crippen molar-refractivity contribution in [3.63, 3.8) is 0 Å². The van der Waals surface area contributed by atoms with Crippen LogP contribution in [-0.4, -0.2) is 41.6 Å². The standard InChI is InChI=1S/C17H21N3O6/c21-17(14-7-6-13(19(22)23)10-16(14)20(24)25)26-11-12-4-3-9-18-8-2-1-5-15(12)18/h6-7,10,12,15H,1-5,8-9,11H2/p+1/t12-,15-/m1/s1. The molecule has 0 spiro atoms. The highest BCUT2D eigenvalue weighted by Crippen LogP contribution is 2.26. The van der Waals surface area contributed by atoms with Crippen LogP contribution in [0.25, 0.3) is 0 Å². The van der Waals surface area contributed by atoms with Crippen molar-refractivity contribution in [2.75, 3.05) is 19.7 Å². The third kappa shape index (κ3) is 3.82. The van der Waals surface area contributed by atoms with E-state index >= 15 is 0 Å². The van der Waals surface area contributed by atoms with Crippen LogP contribution >= 0.6 is 0 Å². The van der Waals surface area contributed by atoms with Crippen molar-refractivity contribution in [1.82, 2.24) is 0 Å². The molecular weight excluding hydrogens is 342 g/mol. The van der Waals surface area contributed by atoms with E-state index in [2.05, 4.69) is 0 Å². The van der Waals surface area contributed by atoms with Crippen molar-refractivity contribution in [2.45, 2.75) is 38.1 Å². The Hall–Kier alpha value is -2.55. The molecule has 9 nitrogen and oxygen atoms in total. The summed E-state index contributed by atoms with van der Waals surface area (Å²) >= 11 is 0. The van der Waals surface area contributed by atoms with E-state index in [-0.39, 0.29) is 18.1 Å². The smallest absolute Gasteiger partial charge is 0.345 e. The van der Waals surface area contributed by atoms with Gasteiger partial charge >= 0.3 is 5.97 Å². The van der Waals surface area contributed by atoms with Gasteiger partial charge in [-0.25, -0.2) is 4.79 Å². The van der Waals surface area contributed by atoms with E-state index < -0.39 is 27.2 Å². The summed E-state index contributed by atoms with van der Waals surface area (Å²) in [6.45, 7) is 2.55. The quantitative estimate of drug-likeness (QED) is 0.481. The van der Waals surface area contributed by atoms with Crippen molar-refractivity contribution in [2.24, 2.45) is 5.92 Å². The Bertz CT molecular complexity index is 720. The van der Waals surface area contributed by atoms with Crippen molar-refractivity contribution in [1.29, 1.82) is 0 Å². The van der Waals surface area contributed by atoms with E-state index in [1.165, 1.54) is 12.8 Å². The number of fused-ring (bicyclic) bond motifs is 1. The number of piperidine rings is 2. The van der Waals surface area contributed by atoms with Crippen LogP contribution < -0.4 is 4.90 Å². The van der Waals surface area contributed by atoms with Gasteiger partial charge in [0.25, 0.3) is 11.4 Å². The topological polar surface area (TPSA) is 117 Å². The predicted molar refractivity (Wildman–Crippen MR) is 91.1 cm³/mol. The zero-order chi connectivity index (χ0) is 18.7. The van der Waals surface area contributed by atoms with Gasteiger partial charge in [-0.2, -0.15) is 0 Å². The van der Waals surface area contributed by atoms with Gasteiger partial charge in [0, 0.05) is 12.0 Å². The maximum absolute atomic E-state index is 12.4. The Kier molecular flexibility index (Phi) is 5.46. The maximum atomic E-state index is 12.4. The van der Waals surface area contributed by atoms with Gasteiger partial charge < -0.3 is 9.64 Å². The summed E-state index contributed by atoms with van der Waals surface area (Å²) in [4.78, 5) is 34.4. The summed E-state index contributed by atoms with van der Waals surface area (Å²) in [6.07, 6.45) is 5.62. The molecule has 140 valence electrons. The Balaban J connectivity index is 1.70. The molecule has 9 heteroatoms. The number of benzene rings is 1. The minimum Gasteiger partial charge on any atom is -0.461 e. The number of esters is 1. The highest BCUT2D eigenvalue weighted by molar-refractivity contribution is 5.94. The van der Waals surface area contributed by atoms with Gasteiger partial charge in [0.1, 0.15) is 12.2 Å². The number of quaternary nitrogens is 1. The van der Waals surface area contributed by atoms with Gasteiger partial charge in [-0.1, -0.05) is 0 Å². The second-order valence-electron chi connectivity index (χ2n) is 6.98. The molecule has 3 atom stereocenters. The first-order valence-electron chi connectivity index (χ1n) is 8.92. The van der Waals surface area contributed by atoms with Gasteiger partial charge in [-0.15, -0.1) is 0 Å². The number of nitro groups is 2. The predicted octanol–water partition coefficient (Wildman–Crippen LogP) is 1.51. The molecule has 26 heavy (non-hydrogen) atoms. The number of hydrogen-bond acceptors (Lipinski definition) is 6. The Morgan fingerprint density at radius 3 is 2.62 bits per heavy atom. The molecule has 1 aromatic carbocycles. The second-order valence-corrected chi connectivity index (χ2v) is 6.98. The van der Waals surface area contributed by atoms with Gasteiger partial charge in [0.05, 0.1) is 35.0 Å². The number of hydrogen-bond donors (Lipinski definition) is 1. The Morgan fingerprint density at radius 2 is 1.88 bits per heavy atom. The zero-order valence-corrected chi connectivity index (χ0v) is 14.4. The largest absolute Gasteiger partial charge is 0.461 e. The number of rotatable bonds is 5. The molecule has 0 aromatic heterocycles. The fourth-order valence-electron chi connectivity index (χ4n) is 4.19. The fourth-order valence-corrected chi connectivity index (χ4v) is 4.19. The zero-order valence-electron chi connectivity index (χ0n) is 14.4. The van der Waals surface area contributed by atoms with Gasteiger partial charge in [-0.3, -0.25) is 20.2 Å². The number of carbonyl (C=O) groups is 1. The lowest BCUT2D eigenvalue weighted by molar-refractivity contribution is -0.940. The lowest BCUT2D eigenvalue weighted by Crippen LogP contribution is -3.18. The molecule has 3 rings (SSSR count). The van der Waals surface area contributed by atoms with Gasteiger partial charge in [0.2, 0.25) is 0 Å². The summed E-state index contributed by atoms with van der Waals surface area (Å²) in [5.41, 5.74) is -1.27. The fraction of sp³-hybridized carbons (Fsp3) is 0.588. The summed E-state index contributed by atoms with van der Waals surface area (Å²) < 4.78 is 5.38. The second kappa shape index (κ2) is 7.77. The number of nitro benzene ring substituents is 2. The molecule has 2 fully saturated rings.